The average Bonchev–Trinajstić information content (AvgIpc) is 3.46. The van der Waals surface area contributed by atoms with Gasteiger partial charge in [-0.05, 0) is 43.3 Å². The van der Waals surface area contributed by atoms with Gasteiger partial charge >= 0.3 is 0 Å². The molecule has 31 heavy (non-hydrogen) atoms. The summed E-state index contributed by atoms with van der Waals surface area (Å²) >= 11 is 6.06. The van der Waals surface area contributed by atoms with Crippen LogP contribution in [-0.2, 0) is 9.59 Å². The molecular weight excluding hydrogens is 422 g/mol. The quantitative estimate of drug-likeness (QED) is 0.366. The van der Waals surface area contributed by atoms with Crippen LogP contribution < -0.4 is 14.4 Å². The van der Waals surface area contributed by atoms with Crippen LogP contribution in [0.3, 0.4) is 0 Å². The highest BCUT2D eigenvalue weighted by Crippen LogP contribution is 2.45. The van der Waals surface area contributed by atoms with Crippen LogP contribution in [0.25, 0.3) is 5.76 Å². The van der Waals surface area contributed by atoms with Crippen LogP contribution >= 0.6 is 11.6 Å². The molecule has 2 aromatic carbocycles. The van der Waals surface area contributed by atoms with Crippen LogP contribution in [0.2, 0.25) is 5.02 Å². The topological polar surface area (TPSA) is 89.2 Å². The number of carbonyl (C=O) groups excluding carboxylic acids is 2. The molecule has 1 fully saturated rings. The number of rotatable bonds is 3. The van der Waals surface area contributed by atoms with Crippen LogP contribution in [0.4, 0.5) is 5.69 Å². The molecule has 0 bridgehead atoms. The summed E-state index contributed by atoms with van der Waals surface area (Å²) in [6.07, 6.45) is 0. The Balaban J connectivity index is 1.71. The number of aliphatic hydroxyl groups is 1. The predicted octanol–water partition coefficient (Wildman–Crippen LogP) is 4.60. The number of ether oxygens (including phenoxy) is 2. The maximum Gasteiger partial charge on any atom is 0.300 e. The lowest BCUT2D eigenvalue weighted by Gasteiger charge is -2.23. The van der Waals surface area contributed by atoms with Gasteiger partial charge in [0.25, 0.3) is 11.7 Å². The molecule has 1 N–H and O–H groups in total. The third-order valence-electron chi connectivity index (χ3n) is 5.21. The normalized spacial score (nSPS) is 19.3. The number of carbonyl (C=O) groups is 2. The van der Waals surface area contributed by atoms with Gasteiger partial charge in [0, 0.05) is 22.3 Å². The maximum absolute atomic E-state index is 13.1. The Kier molecular flexibility index (Phi) is 4.48. The number of hydrogen-bond acceptors (Lipinski definition) is 6. The minimum Gasteiger partial charge on any atom is -0.507 e. The summed E-state index contributed by atoms with van der Waals surface area (Å²) in [7, 11) is 0. The van der Waals surface area contributed by atoms with Crippen molar-refractivity contribution < 1.29 is 28.6 Å². The number of anilines is 1. The monoisotopic (exact) mass is 437 g/mol. The predicted molar refractivity (Wildman–Crippen MR) is 112 cm³/mol. The maximum atomic E-state index is 13.1. The molecular formula is C23H16ClNO6. The number of aliphatic hydroxyl groups excluding tert-OH is 1. The largest absolute Gasteiger partial charge is 0.507 e. The number of benzene rings is 2. The summed E-state index contributed by atoms with van der Waals surface area (Å²) < 4.78 is 16.5. The van der Waals surface area contributed by atoms with Crippen molar-refractivity contribution in [2.24, 2.45) is 0 Å². The molecule has 2 aliphatic rings. The zero-order valence-corrected chi connectivity index (χ0v) is 17.1. The second-order valence-electron chi connectivity index (χ2n) is 7.17. The molecule has 1 amide bonds. The van der Waals surface area contributed by atoms with Crippen molar-refractivity contribution in [3.05, 3.63) is 82.3 Å². The summed E-state index contributed by atoms with van der Waals surface area (Å²) in [6, 6.07) is 13.8. The van der Waals surface area contributed by atoms with E-state index >= 15 is 0 Å². The minimum atomic E-state index is -0.965. The number of amides is 1. The first-order valence-corrected chi connectivity index (χ1v) is 9.85. The molecule has 1 atom stereocenters. The fourth-order valence-electron chi connectivity index (χ4n) is 3.79. The van der Waals surface area contributed by atoms with Crippen LogP contribution in [0.15, 0.2) is 64.6 Å². The highest BCUT2D eigenvalue weighted by atomic mass is 35.5. The van der Waals surface area contributed by atoms with Gasteiger partial charge in [0.05, 0.1) is 5.57 Å². The number of fused-ring (bicyclic) bond motifs is 1. The van der Waals surface area contributed by atoms with Gasteiger partial charge in [-0.3, -0.25) is 14.5 Å². The molecule has 1 aromatic heterocycles. The third kappa shape index (κ3) is 3.14. The number of halogens is 1. The first kappa shape index (κ1) is 19.3. The van der Waals surface area contributed by atoms with Gasteiger partial charge in [0.2, 0.25) is 6.79 Å². The Bertz CT molecular complexity index is 1260. The summed E-state index contributed by atoms with van der Waals surface area (Å²) in [5.74, 6) is 0.0130. The standard InChI is InChI=1S/C23H16ClNO6/c1-12-5-7-17(31-12)20-19(21(26)13-3-2-4-14(24)9-13)22(27)23(28)25(20)15-6-8-16-18(10-15)30-11-29-16/h2-10,20,26H,11H2,1H3/b21-19-. The van der Waals surface area contributed by atoms with Crippen molar-refractivity contribution in [2.45, 2.75) is 13.0 Å². The van der Waals surface area contributed by atoms with E-state index in [4.69, 9.17) is 25.5 Å². The number of hydrogen-bond donors (Lipinski definition) is 1. The fraction of sp³-hybridized carbons (Fsp3) is 0.130. The van der Waals surface area contributed by atoms with E-state index in [1.807, 2.05) is 0 Å². The van der Waals surface area contributed by atoms with Gasteiger partial charge < -0.3 is 19.0 Å². The molecule has 156 valence electrons. The van der Waals surface area contributed by atoms with Crippen molar-refractivity contribution >= 4 is 34.7 Å². The molecule has 5 rings (SSSR count). The second kappa shape index (κ2) is 7.21. The molecule has 0 spiro atoms. The first-order chi connectivity index (χ1) is 14.9. The number of ketones is 1. The zero-order valence-electron chi connectivity index (χ0n) is 16.3. The molecule has 7 nitrogen and oxygen atoms in total. The highest BCUT2D eigenvalue weighted by molar-refractivity contribution is 6.51. The number of Topliss-reactive ketones (excluding diaryl/α,β-unsaturated/α-hetero) is 1. The molecule has 0 radical (unpaired) electrons. The van der Waals surface area contributed by atoms with E-state index in [2.05, 4.69) is 0 Å². The zero-order chi connectivity index (χ0) is 21.7. The molecule has 1 unspecified atom stereocenters. The lowest BCUT2D eigenvalue weighted by atomic mass is 9.99. The molecule has 3 aromatic rings. The smallest absolute Gasteiger partial charge is 0.300 e. The summed E-state index contributed by atoms with van der Waals surface area (Å²) in [6.45, 7) is 1.83. The molecule has 0 aliphatic carbocycles. The van der Waals surface area contributed by atoms with Crippen molar-refractivity contribution in [2.75, 3.05) is 11.7 Å². The van der Waals surface area contributed by atoms with Crippen molar-refractivity contribution in [1.29, 1.82) is 0 Å². The van der Waals surface area contributed by atoms with E-state index < -0.39 is 17.7 Å². The van der Waals surface area contributed by atoms with Gasteiger partial charge in [0.1, 0.15) is 23.3 Å². The third-order valence-corrected chi connectivity index (χ3v) is 5.44. The molecule has 0 saturated carbocycles. The van der Waals surface area contributed by atoms with Gasteiger partial charge in [0.15, 0.2) is 11.5 Å². The van der Waals surface area contributed by atoms with E-state index in [0.29, 0.717) is 39.3 Å². The minimum absolute atomic E-state index is 0.0766. The van der Waals surface area contributed by atoms with Gasteiger partial charge in [-0.1, -0.05) is 23.7 Å². The summed E-state index contributed by atoms with van der Waals surface area (Å²) in [4.78, 5) is 27.5. The Morgan fingerprint density at radius 2 is 1.87 bits per heavy atom. The van der Waals surface area contributed by atoms with Crippen molar-refractivity contribution in [3.63, 3.8) is 0 Å². The highest BCUT2D eigenvalue weighted by Gasteiger charge is 2.48. The van der Waals surface area contributed by atoms with Crippen LogP contribution in [0, 0.1) is 6.92 Å². The van der Waals surface area contributed by atoms with Crippen LogP contribution in [0.5, 0.6) is 11.5 Å². The van der Waals surface area contributed by atoms with E-state index in [-0.39, 0.29) is 18.1 Å². The Morgan fingerprint density at radius 1 is 1.06 bits per heavy atom. The van der Waals surface area contributed by atoms with E-state index in [1.54, 1.807) is 55.5 Å². The lowest BCUT2D eigenvalue weighted by molar-refractivity contribution is -0.132. The number of nitrogens with zero attached hydrogens (tertiary/aromatic N) is 1. The molecule has 3 heterocycles. The average molecular weight is 438 g/mol. The Morgan fingerprint density at radius 3 is 2.61 bits per heavy atom. The second-order valence-corrected chi connectivity index (χ2v) is 7.60. The number of furan rings is 1. The van der Waals surface area contributed by atoms with Gasteiger partial charge in [-0.25, -0.2) is 0 Å². The fourth-order valence-corrected chi connectivity index (χ4v) is 3.99. The van der Waals surface area contributed by atoms with Crippen LogP contribution in [-0.4, -0.2) is 23.6 Å². The Labute approximate surface area is 182 Å². The molecule has 1 saturated heterocycles. The summed E-state index contributed by atoms with van der Waals surface area (Å²) in [5.41, 5.74) is 0.652. The Hall–Kier alpha value is -3.71. The van der Waals surface area contributed by atoms with Crippen molar-refractivity contribution in [3.8, 4) is 11.5 Å². The van der Waals surface area contributed by atoms with Crippen molar-refractivity contribution in [1.82, 2.24) is 0 Å². The lowest BCUT2D eigenvalue weighted by Crippen LogP contribution is -2.29. The molecule has 8 heteroatoms. The SMILES string of the molecule is Cc1ccc(C2/C(=C(/O)c3cccc(Cl)c3)C(=O)C(=O)N2c2ccc3c(c2)OCO3)o1. The van der Waals surface area contributed by atoms with Gasteiger partial charge in [-0.15, -0.1) is 0 Å². The summed E-state index contributed by atoms with van der Waals surface area (Å²) in [5, 5.41) is 11.4. The van der Waals surface area contributed by atoms with E-state index in [1.165, 1.54) is 11.0 Å². The van der Waals surface area contributed by atoms with E-state index in [0.717, 1.165) is 0 Å². The number of aryl methyl sites for hydroxylation is 1. The van der Waals surface area contributed by atoms with Gasteiger partial charge in [-0.2, -0.15) is 0 Å². The van der Waals surface area contributed by atoms with E-state index in [9.17, 15) is 14.7 Å². The molecule has 2 aliphatic heterocycles. The van der Waals surface area contributed by atoms with Crippen LogP contribution in [0.1, 0.15) is 23.1 Å². The first-order valence-electron chi connectivity index (χ1n) is 9.47.